The first-order valence-electron chi connectivity index (χ1n) is 11.3. The van der Waals surface area contributed by atoms with Gasteiger partial charge >= 0.3 is 0 Å². The summed E-state index contributed by atoms with van der Waals surface area (Å²) < 4.78 is 5.33. The zero-order valence-corrected chi connectivity index (χ0v) is 18.6. The molecular weight excluding hydrogens is 404 g/mol. The van der Waals surface area contributed by atoms with Crippen LogP contribution in [0.2, 0.25) is 0 Å². The summed E-state index contributed by atoms with van der Waals surface area (Å²) in [5, 5.41) is 3.89. The number of amides is 1. The number of hydrogen-bond donors (Lipinski definition) is 0. The van der Waals surface area contributed by atoms with Gasteiger partial charge in [0.1, 0.15) is 0 Å². The molecule has 0 unspecified atom stereocenters. The molecule has 2 aromatic heterocycles. The predicted octanol–water partition coefficient (Wildman–Crippen LogP) is 3.70. The summed E-state index contributed by atoms with van der Waals surface area (Å²) in [4.78, 5) is 30.8. The molecule has 0 bridgehead atoms. The van der Waals surface area contributed by atoms with Gasteiger partial charge in [-0.3, -0.25) is 4.79 Å². The van der Waals surface area contributed by atoms with E-state index in [1.54, 1.807) is 6.92 Å². The van der Waals surface area contributed by atoms with E-state index >= 15 is 0 Å². The van der Waals surface area contributed by atoms with Crippen molar-refractivity contribution in [2.75, 3.05) is 18.0 Å². The molecule has 2 aliphatic heterocycles. The predicted molar refractivity (Wildman–Crippen MR) is 120 cm³/mol. The van der Waals surface area contributed by atoms with Gasteiger partial charge in [-0.2, -0.15) is 4.98 Å². The maximum Gasteiger partial charge on any atom is 0.257 e. The minimum atomic E-state index is -0.104. The highest BCUT2D eigenvalue weighted by Gasteiger charge is 2.44. The fraction of sp³-hybridized carbons (Fsp3) is 0.458. The van der Waals surface area contributed by atoms with Crippen LogP contribution in [-0.2, 0) is 11.3 Å². The summed E-state index contributed by atoms with van der Waals surface area (Å²) in [6, 6.07) is 9.99. The van der Waals surface area contributed by atoms with Crippen LogP contribution in [0.4, 0.5) is 5.95 Å². The van der Waals surface area contributed by atoms with E-state index < -0.39 is 0 Å². The van der Waals surface area contributed by atoms with E-state index in [2.05, 4.69) is 42.0 Å². The Morgan fingerprint density at radius 2 is 1.94 bits per heavy atom. The summed E-state index contributed by atoms with van der Waals surface area (Å²) in [5.74, 6) is 2.15. The number of likely N-dealkylation sites (tertiary alicyclic amines) is 1. The smallest absolute Gasteiger partial charge is 0.257 e. The van der Waals surface area contributed by atoms with E-state index in [1.165, 1.54) is 0 Å². The zero-order chi connectivity index (χ0) is 22.1. The molecule has 0 aliphatic carbocycles. The Morgan fingerprint density at radius 3 is 2.69 bits per heavy atom. The SMILES string of the molecule is Cc1ccnc(N2CCC3(CCCC(=O)N3Cc3cccc(-c4nc(C)no4)c3)CC2)n1. The molecule has 2 aliphatic rings. The summed E-state index contributed by atoms with van der Waals surface area (Å²) in [7, 11) is 0. The third-order valence-corrected chi connectivity index (χ3v) is 6.71. The second-order valence-electron chi connectivity index (χ2n) is 8.89. The normalized spacial score (nSPS) is 18.4. The van der Waals surface area contributed by atoms with Gasteiger partial charge in [-0.1, -0.05) is 17.3 Å². The van der Waals surface area contributed by atoms with Crippen molar-refractivity contribution in [2.45, 2.75) is 58.0 Å². The molecule has 8 heteroatoms. The average molecular weight is 433 g/mol. The largest absolute Gasteiger partial charge is 0.341 e. The van der Waals surface area contributed by atoms with Gasteiger partial charge in [-0.25, -0.2) is 9.97 Å². The molecule has 1 spiro atoms. The first kappa shape index (κ1) is 20.6. The molecule has 32 heavy (non-hydrogen) atoms. The quantitative estimate of drug-likeness (QED) is 0.621. The van der Waals surface area contributed by atoms with Crippen LogP contribution in [0.1, 0.15) is 49.2 Å². The Labute approximate surface area is 187 Å². The van der Waals surface area contributed by atoms with E-state index in [4.69, 9.17) is 4.52 Å². The molecule has 4 heterocycles. The van der Waals surface area contributed by atoms with Crippen LogP contribution >= 0.6 is 0 Å². The summed E-state index contributed by atoms with van der Waals surface area (Å²) in [6.45, 7) is 6.10. The Hall–Kier alpha value is -3.29. The second-order valence-corrected chi connectivity index (χ2v) is 8.89. The number of rotatable bonds is 4. The summed E-state index contributed by atoms with van der Waals surface area (Å²) in [6.07, 6.45) is 6.30. The van der Waals surface area contributed by atoms with Crippen molar-refractivity contribution in [2.24, 2.45) is 0 Å². The second kappa shape index (κ2) is 8.33. The van der Waals surface area contributed by atoms with Crippen LogP contribution in [0.25, 0.3) is 11.5 Å². The molecule has 1 aromatic carbocycles. The third-order valence-electron chi connectivity index (χ3n) is 6.71. The number of carbonyl (C=O) groups excluding carboxylic acids is 1. The van der Waals surface area contributed by atoms with Crippen molar-refractivity contribution >= 4 is 11.9 Å². The van der Waals surface area contributed by atoms with Gasteiger partial charge in [-0.15, -0.1) is 0 Å². The molecular formula is C24H28N6O2. The topological polar surface area (TPSA) is 88.3 Å². The van der Waals surface area contributed by atoms with Gasteiger partial charge in [0.25, 0.3) is 5.89 Å². The van der Waals surface area contributed by atoms with Crippen LogP contribution in [-0.4, -0.2) is 49.5 Å². The molecule has 0 saturated carbocycles. The molecule has 5 rings (SSSR count). The monoisotopic (exact) mass is 432 g/mol. The number of aromatic nitrogens is 4. The van der Waals surface area contributed by atoms with Crippen LogP contribution < -0.4 is 4.90 Å². The highest BCUT2D eigenvalue weighted by Crippen LogP contribution is 2.39. The third kappa shape index (κ3) is 3.97. The van der Waals surface area contributed by atoms with Gasteiger partial charge < -0.3 is 14.3 Å². The molecule has 1 amide bonds. The van der Waals surface area contributed by atoms with Crippen molar-refractivity contribution in [3.63, 3.8) is 0 Å². The van der Waals surface area contributed by atoms with Crippen LogP contribution in [0, 0.1) is 13.8 Å². The molecule has 2 saturated heterocycles. The highest BCUT2D eigenvalue weighted by atomic mass is 16.5. The molecule has 0 atom stereocenters. The number of anilines is 1. The first-order chi connectivity index (χ1) is 15.5. The maximum absolute atomic E-state index is 13.1. The maximum atomic E-state index is 13.1. The fourth-order valence-electron chi connectivity index (χ4n) is 4.99. The number of hydrogen-bond acceptors (Lipinski definition) is 7. The minimum Gasteiger partial charge on any atom is -0.341 e. The molecule has 3 aromatic rings. The molecule has 8 nitrogen and oxygen atoms in total. The van der Waals surface area contributed by atoms with Gasteiger partial charge in [0.15, 0.2) is 5.82 Å². The standard InChI is InChI=1S/C24H28N6O2/c1-17-8-12-25-23(26-17)29-13-10-24(11-14-29)9-4-7-21(31)30(24)16-19-5-3-6-20(15-19)22-27-18(2)28-32-22/h3,5-6,8,12,15H,4,7,9-11,13-14,16H2,1-2H3. The molecule has 166 valence electrons. The Morgan fingerprint density at radius 1 is 1.09 bits per heavy atom. The van der Waals surface area contributed by atoms with Gasteiger partial charge in [0.2, 0.25) is 11.9 Å². The lowest BCUT2D eigenvalue weighted by Crippen LogP contribution is -2.59. The van der Waals surface area contributed by atoms with Crippen molar-refractivity contribution < 1.29 is 9.32 Å². The van der Waals surface area contributed by atoms with Crippen molar-refractivity contribution in [1.82, 2.24) is 25.0 Å². The van der Waals surface area contributed by atoms with Crippen LogP contribution in [0.15, 0.2) is 41.1 Å². The van der Waals surface area contributed by atoms with Gasteiger partial charge in [-0.05, 0) is 63.3 Å². The minimum absolute atomic E-state index is 0.104. The zero-order valence-electron chi connectivity index (χ0n) is 18.6. The van der Waals surface area contributed by atoms with E-state index in [0.717, 1.165) is 61.5 Å². The van der Waals surface area contributed by atoms with Crippen LogP contribution in [0.3, 0.4) is 0 Å². The lowest BCUT2D eigenvalue weighted by molar-refractivity contribution is -0.144. The van der Waals surface area contributed by atoms with E-state index in [9.17, 15) is 4.79 Å². The van der Waals surface area contributed by atoms with E-state index in [-0.39, 0.29) is 11.4 Å². The van der Waals surface area contributed by atoms with Crippen LogP contribution in [0.5, 0.6) is 0 Å². The fourth-order valence-corrected chi connectivity index (χ4v) is 4.99. The van der Waals surface area contributed by atoms with Crippen molar-refractivity contribution in [3.8, 4) is 11.5 Å². The lowest BCUT2D eigenvalue weighted by Gasteiger charge is -2.51. The van der Waals surface area contributed by atoms with E-state index in [0.29, 0.717) is 24.7 Å². The van der Waals surface area contributed by atoms with E-state index in [1.807, 2.05) is 31.3 Å². The lowest BCUT2D eigenvalue weighted by atomic mass is 9.78. The Kier molecular flexibility index (Phi) is 5.36. The summed E-state index contributed by atoms with van der Waals surface area (Å²) in [5.41, 5.74) is 2.83. The molecule has 0 N–H and O–H groups in total. The van der Waals surface area contributed by atoms with Gasteiger partial charge in [0, 0.05) is 49.0 Å². The number of nitrogens with zero attached hydrogens (tertiary/aromatic N) is 6. The number of piperidine rings is 2. The van der Waals surface area contributed by atoms with Crippen molar-refractivity contribution in [3.05, 3.63) is 53.6 Å². The Balaban J connectivity index is 1.35. The first-order valence-corrected chi connectivity index (χ1v) is 11.3. The number of carbonyl (C=O) groups is 1. The number of benzene rings is 1. The highest BCUT2D eigenvalue weighted by molar-refractivity contribution is 5.78. The Bertz CT molecular complexity index is 1120. The van der Waals surface area contributed by atoms with Crippen molar-refractivity contribution in [1.29, 1.82) is 0 Å². The molecule has 2 fully saturated rings. The molecule has 0 radical (unpaired) electrons. The summed E-state index contributed by atoms with van der Waals surface area (Å²) >= 11 is 0. The average Bonchev–Trinajstić information content (AvgIpc) is 3.24. The van der Waals surface area contributed by atoms with Gasteiger partial charge in [0.05, 0.1) is 0 Å². The number of aryl methyl sites for hydroxylation is 2.